The van der Waals surface area contributed by atoms with Crippen LogP contribution >= 0.6 is 0 Å². The third-order valence-electron chi connectivity index (χ3n) is 5.43. The highest BCUT2D eigenvalue weighted by Crippen LogP contribution is 2.31. The predicted octanol–water partition coefficient (Wildman–Crippen LogP) is 1.97. The number of nitrogens with zero attached hydrogens (tertiary/aromatic N) is 3. The van der Waals surface area contributed by atoms with Gasteiger partial charge in [-0.2, -0.15) is 0 Å². The monoisotopic (exact) mass is 331 g/mol. The van der Waals surface area contributed by atoms with Crippen molar-refractivity contribution in [3.05, 3.63) is 30.1 Å². The third kappa shape index (κ3) is 3.78. The minimum Gasteiger partial charge on any atom is -0.376 e. The summed E-state index contributed by atoms with van der Waals surface area (Å²) in [5.74, 6) is 0.653. The molecule has 5 heteroatoms. The molecule has 0 saturated carbocycles. The molecule has 24 heavy (non-hydrogen) atoms. The summed E-state index contributed by atoms with van der Waals surface area (Å²) in [7, 11) is 0. The molecule has 0 spiro atoms. The van der Waals surface area contributed by atoms with Crippen LogP contribution in [0.5, 0.6) is 0 Å². The molecule has 2 aliphatic heterocycles. The van der Waals surface area contributed by atoms with Gasteiger partial charge in [0.05, 0.1) is 18.6 Å². The topological polar surface area (TPSA) is 45.7 Å². The summed E-state index contributed by atoms with van der Waals surface area (Å²) in [5.41, 5.74) is 0.851. The van der Waals surface area contributed by atoms with E-state index >= 15 is 0 Å². The van der Waals surface area contributed by atoms with Crippen molar-refractivity contribution < 1.29 is 9.53 Å². The van der Waals surface area contributed by atoms with Gasteiger partial charge in [0.1, 0.15) is 0 Å². The number of likely N-dealkylation sites (tertiary alicyclic amines) is 1. The number of pyridine rings is 1. The van der Waals surface area contributed by atoms with Gasteiger partial charge in [-0.25, -0.2) is 0 Å². The zero-order valence-electron chi connectivity index (χ0n) is 14.9. The van der Waals surface area contributed by atoms with Crippen LogP contribution in [0, 0.1) is 5.92 Å². The second-order valence-corrected chi connectivity index (χ2v) is 6.82. The van der Waals surface area contributed by atoms with Crippen LogP contribution in [-0.4, -0.2) is 65.6 Å². The molecule has 2 aliphatic rings. The molecule has 3 heterocycles. The maximum absolute atomic E-state index is 12.8. The Morgan fingerprint density at radius 2 is 2.17 bits per heavy atom. The molecule has 3 atom stereocenters. The van der Waals surface area contributed by atoms with E-state index in [-0.39, 0.29) is 12.0 Å². The summed E-state index contributed by atoms with van der Waals surface area (Å²) in [4.78, 5) is 21.6. The Morgan fingerprint density at radius 3 is 2.88 bits per heavy atom. The molecule has 5 nitrogen and oxygen atoms in total. The predicted molar refractivity (Wildman–Crippen MR) is 93.7 cm³/mol. The maximum Gasteiger partial charge on any atom is 0.228 e. The van der Waals surface area contributed by atoms with E-state index in [0.29, 0.717) is 18.4 Å². The van der Waals surface area contributed by atoms with Gasteiger partial charge in [-0.3, -0.25) is 14.7 Å². The molecule has 1 amide bonds. The molecule has 0 N–H and O–H groups in total. The highest BCUT2D eigenvalue weighted by molar-refractivity contribution is 5.78. The van der Waals surface area contributed by atoms with E-state index in [9.17, 15) is 4.79 Å². The number of likely N-dealkylation sites (N-methyl/N-ethyl adjacent to an activating group) is 1. The first-order valence-electron chi connectivity index (χ1n) is 9.26. The normalized spacial score (nSPS) is 27.1. The van der Waals surface area contributed by atoms with Gasteiger partial charge in [0.2, 0.25) is 5.91 Å². The Kier molecular flexibility index (Phi) is 5.85. The molecule has 1 aromatic rings. The van der Waals surface area contributed by atoms with E-state index in [1.807, 2.05) is 23.1 Å². The van der Waals surface area contributed by atoms with E-state index in [0.717, 1.165) is 51.3 Å². The summed E-state index contributed by atoms with van der Waals surface area (Å²) in [6.45, 7) is 8.83. The molecule has 0 unspecified atom stereocenters. The van der Waals surface area contributed by atoms with E-state index in [1.54, 1.807) is 6.20 Å². The van der Waals surface area contributed by atoms with E-state index in [2.05, 4.69) is 23.7 Å². The lowest BCUT2D eigenvalue weighted by molar-refractivity contribution is -0.146. The van der Waals surface area contributed by atoms with Crippen molar-refractivity contribution in [1.29, 1.82) is 0 Å². The van der Waals surface area contributed by atoms with Gasteiger partial charge in [0, 0.05) is 37.5 Å². The number of piperidine rings is 1. The molecule has 2 saturated heterocycles. The summed E-state index contributed by atoms with van der Waals surface area (Å²) < 4.78 is 6.13. The molecule has 0 aromatic carbocycles. The summed E-state index contributed by atoms with van der Waals surface area (Å²) >= 11 is 0. The lowest BCUT2D eigenvalue weighted by Crippen LogP contribution is -2.62. The van der Waals surface area contributed by atoms with Crippen LogP contribution < -0.4 is 0 Å². The molecule has 2 fully saturated rings. The summed E-state index contributed by atoms with van der Waals surface area (Å²) in [6, 6.07) is 6.06. The Labute approximate surface area is 145 Å². The lowest BCUT2D eigenvalue weighted by atomic mass is 9.84. The van der Waals surface area contributed by atoms with Crippen LogP contribution in [-0.2, 0) is 16.0 Å². The van der Waals surface area contributed by atoms with Crippen molar-refractivity contribution >= 4 is 5.91 Å². The number of ether oxygens (including phenoxy) is 1. The molecule has 1 aromatic heterocycles. The SMILES string of the molecule is CCN(CC)[C@H]1CN(C(=O)Cc2ccccn2)C[C@H]2CCCO[C@H]21. The fourth-order valence-corrected chi connectivity index (χ4v) is 4.16. The number of rotatable bonds is 5. The van der Waals surface area contributed by atoms with Gasteiger partial charge in [-0.05, 0) is 38.1 Å². The van der Waals surface area contributed by atoms with Gasteiger partial charge in [0.25, 0.3) is 0 Å². The Bertz CT molecular complexity index is 533. The number of hydrogen-bond donors (Lipinski definition) is 0. The van der Waals surface area contributed by atoms with Crippen LogP contribution in [0.3, 0.4) is 0 Å². The highest BCUT2D eigenvalue weighted by atomic mass is 16.5. The van der Waals surface area contributed by atoms with Crippen LogP contribution in [0.15, 0.2) is 24.4 Å². The third-order valence-corrected chi connectivity index (χ3v) is 5.43. The largest absolute Gasteiger partial charge is 0.376 e. The number of carbonyl (C=O) groups is 1. The Balaban J connectivity index is 1.72. The zero-order valence-corrected chi connectivity index (χ0v) is 14.9. The molecular weight excluding hydrogens is 302 g/mol. The van der Waals surface area contributed by atoms with E-state index in [4.69, 9.17) is 4.74 Å². The second kappa shape index (κ2) is 8.08. The van der Waals surface area contributed by atoms with Crippen LogP contribution in [0.25, 0.3) is 0 Å². The summed E-state index contributed by atoms with van der Waals surface area (Å²) in [5, 5.41) is 0. The first-order valence-corrected chi connectivity index (χ1v) is 9.26. The van der Waals surface area contributed by atoms with Gasteiger partial charge in [-0.1, -0.05) is 19.9 Å². The first kappa shape index (κ1) is 17.4. The standard InChI is InChI=1S/C19H29N3O2/c1-3-21(4-2)17-14-22(13-15-8-7-11-24-19(15)17)18(23)12-16-9-5-6-10-20-16/h5-6,9-10,15,17,19H,3-4,7-8,11-14H2,1-2H3/t15-,17+,19-/m1/s1. The Hall–Kier alpha value is -1.46. The van der Waals surface area contributed by atoms with Gasteiger partial charge < -0.3 is 9.64 Å². The van der Waals surface area contributed by atoms with Crippen molar-refractivity contribution in [2.45, 2.75) is 45.3 Å². The highest BCUT2D eigenvalue weighted by Gasteiger charge is 2.42. The molecule has 3 rings (SSSR count). The quantitative estimate of drug-likeness (QED) is 0.828. The smallest absolute Gasteiger partial charge is 0.228 e. The summed E-state index contributed by atoms with van der Waals surface area (Å²) in [6.07, 6.45) is 4.69. The molecule has 0 bridgehead atoms. The minimum atomic E-state index is 0.190. The van der Waals surface area contributed by atoms with Crippen LogP contribution in [0.4, 0.5) is 0 Å². The van der Waals surface area contributed by atoms with E-state index in [1.165, 1.54) is 0 Å². The average molecular weight is 331 g/mol. The molecule has 0 aliphatic carbocycles. The van der Waals surface area contributed by atoms with Crippen molar-refractivity contribution in [2.24, 2.45) is 5.92 Å². The number of carbonyl (C=O) groups excluding carboxylic acids is 1. The van der Waals surface area contributed by atoms with Gasteiger partial charge in [0.15, 0.2) is 0 Å². The molecular formula is C19H29N3O2. The first-order chi connectivity index (χ1) is 11.7. The molecule has 132 valence electrons. The zero-order chi connectivity index (χ0) is 16.9. The fraction of sp³-hybridized carbons (Fsp3) is 0.684. The molecule has 0 radical (unpaired) electrons. The minimum absolute atomic E-state index is 0.190. The number of fused-ring (bicyclic) bond motifs is 1. The lowest BCUT2D eigenvalue weighted by Gasteiger charge is -2.49. The number of aromatic nitrogens is 1. The maximum atomic E-state index is 12.8. The Morgan fingerprint density at radius 1 is 1.33 bits per heavy atom. The number of amides is 1. The average Bonchev–Trinajstić information content (AvgIpc) is 2.63. The van der Waals surface area contributed by atoms with Gasteiger partial charge >= 0.3 is 0 Å². The number of hydrogen-bond acceptors (Lipinski definition) is 4. The van der Waals surface area contributed by atoms with Crippen molar-refractivity contribution in [3.63, 3.8) is 0 Å². The van der Waals surface area contributed by atoms with Crippen molar-refractivity contribution in [3.8, 4) is 0 Å². The second-order valence-electron chi connectivity index (χ2n) is 6.82. The van der Waals surface area contributed by atoms with Crippen molar-refractivity contribution in [2.75, 3.05) is 32.8 Å². The van der Waals surface area contributed by atoms with Crippen molar-refractivity contribution in [1.82, 2.24) is 14.8 Å². The van der Waals surface area contributed by atoms with E-state index < -0.39 is 0 Å². The van der Waals surface area contributed by atoms with Crippen LogP contribution in [0.2, 0.25) is 0 Å². The fourth-order valence-electron chi connectivity index (χ4n) is 4.16. The van der Waals surface area contributed by atoms with Gasteiger partial charge in [-0.15, -0.1) is 0 Å². The van der Waals surface area contributed by atoms with Crippen LogP contribution in [0.1, 0.15) is 32.4 Å².